The van der Waals surface area contributed by atoms with E-state index in [0.717, 1.165) is 51.9 Å². The summed E-state index contributed by atoms with van der Waals surface area (Å²) in [4.78, 5) is 17.9. The maximum Gasteiger partial charge on any atom is 0.230 e. The van der Waals surface area contributed by atoms with Gasteiger partial charge in [0.2, 0.25) is 5.91 Å². The van der Waals surface area contributed by atoms with Crippen molar-refractivity contribution in [1.29, 1.82) is 0 Å². The molecule has 4 rings (SSSR count). The minimum atomic E-state index is 0.165. The Kier molecular flexibility index (Phi) is 4.68. The van der Waals surface area contributed by atoms with Crippen LogP contribution < -0.4 is 4.90 Å². The molecule has 3 heteroatoms. The number of likely N-dealkylation sites (tertiary alicyclic amines) is 1. The monoisotopic (exact) mass is 338 g/mol. The summed E-state index contributed by atoms with van der Waals surface area (Å²) in [5.74, 6) is 0.635. The molecule has 1 aliphatic carbocycles. The maximum absolute atomic E-state index is 13.3. The second kappa shape index (κ2) is 6.95. The molecule has 3 aliphatic rings. The number of hydrogen-bond acceptors (Lipinski definition) is 2. The highest BCUT2D eigenvalue weighted by molar-refractivity contribution is 5.97. The van der Waals surface area contributed by atoms with Crippen LogP contribution in [0.25, 0.3) is 0 Å². The van der Waals surface area contributed by atoms with Gasteiger partial charge in [0.05, 0.1) is 0 Å². The fourth-order valence-electron chi connectivity index (χ4n) is 5.17. The summed E-state index contributed by atoms with van der Waals surface area (Å²) in [5, 5.41) is 0. The quantitative estimate of drug-likeness (QED) is 0.774. The largest absolute Gasteiger partial charge is 0.311 e. The molecule has 1 saturated carbocycles. The highest BCUT2D eigenvalue weighted by atomic mass is 16.2. The number of anilines is 1. The SMILES string of the molecule is C=CCN1CCC2(CC1)CN(C(=O)C1CCCCC1)c1ccccc12. The van der Waals surface area contributed by atoms with Crippen molar-refractivity contribution in [3.8, 4) is 0 Å². The van der Waals surface area contributed by atoms with Crippen LogP contribution in [0, 0.1) is 5.92 Å². The third kappa shape index (κ3) is 3.03. The Morgan fingerprint density at radius 3 is 2.60 bits per heavy atom. The van der Waals surface area contributed by atoms with Crippen LogP contribution in [0.1, 0.15) is 50.5 Å². The number of benzene rings is 1. The van der Waals surface area contributed by atoms with Gasteiger partial charge in [-0.1, -0.05) is 43.5 Å². The van der Waals surface area contributed by atoms with Crippen molar-refractivity contribution in [1.82, 2.24) is 4.90 Å². The van der Waals surface area contributed by atoms with Crippen LogP contribution in [0.5, 0.6) is 0 Å². The number of nitrogens with zero attached hydrogens (tertiary/aromatic N) is 2. The molecule has 3 nitrogen and oxygen atoms in total. The second-order valence-corrected chi connectivity index (χ2v) is 8.15. The lowest BCUT2D eigenvalue weighted by molar-refractivity contribution is -0.123. The zero-order valence-corrected chi connectivity index (χ0v) is 15.3. The molecule has 1 aromatic rings. The van der Waals surface area contributed by atoms with E-state index in [0.29, 0.717) is 5.91 Å². The van der Waals surface area contributed by atoms with Crippen LogP contribution in [0.3, 0.4) is 0 Å². The lowest BCUT2D eigenvalue weighted by Gasteiger charge is -2.39. The topological polar surface area (TPSA) is 23.6 Å². The van der Waals surface area contributed by atoms with Crippen LogP contribution in [0.2, 0.25) is 0 Å². The summed E-state index contributed by atoms with van der Waals surface area (Å²) in [6.07, 6.45) is 10.2. The lowest BCUT2D eigenvalue weighted by atomic mass is 9.74. The van der Waals surface area contributed by atoms with Crippen molar-refractivity contribution in [3.05, 3.63) is 42.5 Å². The first-order chi connectivity index (χ1) is 12.2. The van der Waals surface area contributed by atoms with E-state index in [-0.39, 0.29) is 11.3 Å². The Morgan fingerprint density at radius 2 is 1.88 bits per heavy atom. The predicted octanol–water partition coefficient (Wildman–Crippen LogP) is 4.13. The Morgan fingerprint density at radius 1 is 1.16 bits per heavy atom. The molecule has 0 bridgehead atoms. The fraction of sp³-hybridized carbons (Fsp3) is 0.591. The Labute approximate surface area is 151 Å². The first-order valence-corrected chi connectivity index (χ1v) is 9.98. The van der Waals surface area contributed by atoms with E-state index < -0.39 is 0 Å². The fourth-order valence-corrected chi connectivity index (χ4v) is 5.17. The van der Waals surface area contributed by atoms with Crippen molar-refractivity contribution >= 4 is 11.6 Å². The zero-order chi connectivity index (χ0) is 17.3. The number of para-hydroxylation sites is 1. The third-order valence-corrected chi connectivity index (χ3v) is 6.65. The molecular formula is C22H30N2O. The second-order valence-electron chi connectivity index (χ2n) is 8.15. The van der Waals surface area contributed by atoms with Gasteiger partial charge in [0.1, 0.15) is 0 Å². The van der Waals surface area contributed by atoms with Crippen molar-refractivity contribution < 1.29 is 4.79 Å². The Bertz CT molecular complexity index is 639. The summed E-state index contributed by atoms with van der Waals surface area (Å²) in [6.45, 7) is 7.95. The van der Waals surface area contributed by atoms with E-state index in [2.05, 4.69) is 40.6 Å². The van der Waals surface area contributed by atoms with Gasteiger partial charge in [0.15, 0.2) is 0 Å². The zero-order valence-electron chi connectivity index (χ0n) is 15.3. The number of carbonyl (C=O) groups is 1. The molecule has 25 heavy (non-hydrogen) atoms. The minimum absolute atomic E-state index is 0.165. The van der Waals surface area contributed by atoms with Crippen LogP contribution in [0.4, 0.5) is 5.69 Å². The van der Waals surface area contributed by atoms with Crippen molar-refractivity contribution in [2.75, 3.05) is 31.1 Å². The third-order valence-electron chi connectivity index (χ3n) is 6.65. The summed E-state index contributed by atoms with van der Waals surface area (Å²) in [6, 6.07) is 8.67. The van der Waals surface area contributed by atoms with Gasteiger partial charge in [-0.2, -0.15) is 0 Å². The number of amides is 1. The highest BCUT2D eigenvalue weighted by Gasteiger charge is 2.46. The van der Waals surface area contributed by atoms with Gasteiger partial charge >= 0.3 is 0 Å². The van der Waals surface area contributed by atoms with E-state index in [1.165, 1.54) is 30.5 Å². The smallest absolute Gasteiger partial charge is 0.230 e. The van der Waals surface area contributed by atoms with Crippen LogP contribution >= 0.6 is 0 Å². The van der Waals surface area contributed by atoms with Gasteiger partial charge in [-0.15, -0.1) is 6.58 Å². The van der Waals surface area contributed by atoms with Crippen LogP contribution in [-0.2, 0) is 10.2 Å². The van der Waals surface area contributed by atoms with Gasteiger partial charge in [0.25, 0.3) is 0 Å². The van der Waals surface area contributed by atoms with E-state index in [1.54, 1.807) is 0 Å². The molecule has 2 fully saturated rings. The maximum atomic E-state index is 13.3. The van der Waals surface area contributed by atoms with Gasteiger partial charge in [-0.3, -0.25) is 9.69 Å². The van der Waals surface area contributed by atoms with Crippen molar-refractivity contribution in [2.24, 2.45) is 5.92 Å². The van der Waals surface area contributed by atoms with Crippen molar-refractivity contribution in [3.63, 3.8) is 0 Å². The normalized spacial score (nSPS) is 23.6. The molecule has 0 unspecified atom stereocenters. The molecule has 134 valence electrons. The molecule has 0 atom stereocenters. The minimum Gasteiger partial charge on any atom is -0.311 e. The molecule has 1 spiro atoms. The standard InChI is InChI=1S/C22H30N2O/c1-2-14-23-15-12-22(13-16-23)17-24(20-11-7-6-10-19(20)22)21(25)18-8-4-3-5-9-18/h2,6-7,10-11,18H,1,3-5,8-9,12-17H2. The number of rotatable bonds is 3. The molecule has 2 aliphatic heterocycles. The van der Waals surface area contributed by atoms with E-state index >= 15 is 0 Å². The van der Waals surface area contributed by atoms with Gasteiger partial charge in [-0.05, 0) is 50.4 Å². The number of hydrogen-bond donors (Lipinski definition) is 0. The van der Waals surface area contributed by atoms with E-state index in [1.807, 2.05) is 6.08 Å². The number of fused-ring (bicyclic) bond motifs is 2. The predicted molar refractivity (Wildman–Crippen MR) is 103 cm³/mol. The Hall–Kier alpha value is -1.61. The van der Waals surface area contributed by atoms with Gasteiger partial charge in [0, 0.05) is 30.1 Å². The molecule has 1 aromatic carbocycles. The molecule has 2 heterocycles. The van der Waals surface area contributed by atoms with E-state index in [4.69, 9.17) is 0 Å². The molecule has 0 aromatic heterocycles. The van der Waals surface area contributed by atoms with Gasteiger partial charge in [-0.25, -0.2) is 0 Å². The summed E-state index contributed by atoms with van der Waals surface area (Å²) in [7, 11) is 0. The summed E-state index contributed by atoms with van der Waals surface area (Å²) in [5.41, 5.74) is 2.77. The molecule has 1 amide bonds. The summed E-state index contributed by atoms with van der Waals surface area (Å²) < 4.78 is 0. The molecular weight excluding hydrogens is 308 g/mol. The van der Waals surface area contributed by atoms with Crippen molar-refractivity contribution in [2.45, 2.75) is 50.4 Å². The lowest BCUT2D eigenvalue weighted by Crippen LogP contribution is -2.47. The highest BCUT2D eigenvalue weighted by Crippen LogP contribution is 2.47. The molecule has 1 saturated heterocycles. The molecule has 0 radical (unpaired) electrons. The number of piperidine rings is 1. The first-order valence-electron chi connectivity index (χ1n) is 9.98. The summed E-state index contributed by atoms with van der Waals surface area (Å²) >= 11 is 0. The van der Waals surface area contributed by atoms with E-state index in [9.17, 15) is 4.79 Å². The van der Waals surface area contributed by atoms with Crippen LogP contribution in [-0.4, -0.2) is 37.0 Å². The molecule has 0 N–H and O–H groups in total. The van der Waals surface area contributed by atoms with Crippen LogP contribution in [0.15, 0.2) is 36.9 Å². The average Bonchev–Trinajstić information content (AvgIpc) is 2.99. The van der Waals surface area contributed by atoms with Gasteiger partial charge < -0.3 is 4.90 Å². The number of carbonyl (C=O) groups excluding carboxylic acids is 1. The Balaban J connectivity index is 1.58. The average molecular weight is 338 g/mol. The first kappa shape index (κ1) is 16.8.